The highest BCUT2D eigenvalue weighted by Crippen LogP contribution is 2.35. The average Bonchev–Trinajstić information content (AvgIpc) is 2.52. The third-order valence-corrected chi connectivity index (χ3v) is 6.02. The zero-order valence-electron chi connectivity index (χ0n) is 13.2. The zero-order chi connectivity index (χ0) is 15.1. The van der Waals surface area contributed by atoms with Gasteiger partial charge in [0, 0.05) is 3.92 Å². The summed E-state index contributed by atoms with van der Waals surface area (Å²) in [5.74, 6) is 0.896. The van der Waals surface area contributed by atoms with Crippen molar-refractivity contribution in [2.45, 2.75) is 56.3 Å². The van der Waals surface area contributed by atoms with Gasteiger partial charge in [-0.25, -0.2) is 0 Å². The highest BCUT2D eigenvalue weighted by atomic mass is 127. The van der Waals surface area contributed by atoms with Crippen LogP contribution in [0, 0.1) is 5.41 Å². The summed E-state index contributed by atoms with van der Waals surface area (Å²) in [5.41, 5.74) is 1.72. The van der Waals surface area contributed by atoms with Crippen LogP contribution in [0.5, 0.6) is 5.75 Å². The minimum absolute atomic E-state index is 0.358. The van der Waals surface area contributed by atoms with Crippen LogP contribution >= 0.6 is 22.6 Å². The Bertz CT molecular complexity index is 410. The summed E-state index contributed by atoms with van der Waals surface area (Å²) in [6.07, 6.45) is 7.80. The fourth-order valence-electron chi connectivity index (χ4n) is 2.96. The zero-order valence-corrected chi connectivity index (χ0v) is 15.4. The maximum atomic E-state index is 5.76. The third-order valence-electron chi connectivity index (χ3n) is 4.42. The van der Waals surface area contributed by atoms with Crippen LogP contribution < -0.4 is 4.74 Å². The van der Waals surface area contributed by atoms with E-state index in [9.17, 15) is 0 Å². The molecule has 1 fully saturated rings. The second-order valence-electron chi connectivity index (χ2n) is 6.43. The van der Waals surface area contributed by atoms with Gasteiger partial charge in [0.2, 0.25) is 0 Å². The lowest BCUT2D eigenvalue weighted by Gasteiger charge is -2.33. The molecular formula is C18H27IO2. The molecule has 0 radical (unpaired) electrons. The highest BCUT2D eigenvalue weighted by Gasteiger charge is 2.26. The molecule has 118 valence electrons. The van der Waals surface area contributed by atoms with Crippen molar-refractivity contribution < 1.29 is 9.47 Å². The van der Waals surface area contributed by atoms with Gasteiger partial charge in [-0.3, -0.25) is 0 Å². The maximum absolute atomic E-state index is 5.76. The molecule has 0 aromatic heterocycles. The quantitative estimate of drug-likeness (QED) is 0.245. The lowest BCUT2D eigenvalue weighted by molar-refractivity contribution is -0.0370. The summed E-state index contributed by atoms with van der Waals surface area (Å²) in [4.78, 5) is 0. The number of hydrogen-bond donors (Lipinski definition) is 0. The molecule has 1 unspecified atom stereocenters. The molecule has 3 heteroatoms. The number of halogens is 1. The van der Waals surface area contributed by atoms with Gasteiger partial charge in [0.1, 0.15) is 5.75 Å². The Labute approximate surface area is 142 Å². The average molecular weight is 402 g/mol. The van der Waals surface area contributed by atoms with Crippen LogP contribution in [-0.2, 0) is 4.74 Å². The summed E-state index contributed by atoms with van der Waals surface area (Å²) in [5, 5.41) is 0. The third kappa shape index (κ3) is 5.44. The van der Waals surface area contributed by atoms with Crippen molar-refractivity contribution in [1.82, 2.24) is 0 Å². The molecule has 0 N–H and O–H groups in total. The van der Waals surface area contributed by atoms with Gasteiger partial charge in [-0.15, -0.1) is 0 Å². The van der Waals surface area contributed by atoms with Crippen molar-refractivity contribution in [1.29, 1.82) is 0 Å². The van der Waals surface area contributed by atoms with Crippen LogP contribution in [0.1, 0.15) is 61.9 Å². The van der Waals surface area contributed by atoms with Crippen LogP contribution in [0.25, 0.3) is 0 Å². The maximum Gasteiger partial charge on any atom is 0.189 e. The first-order valence-electron chi connectivity index (χ1n) is 8.07. The smallest absolute Gasteiger partial charge is 0.189 e. The molecule has 0 amide bonds. The van der Waals surface area contributed by atoms with Crippen molar-refractivity contribution in [3.8, 4) is 5.75 Å². The topological polar surface area (TPSA) is 18.5 Å². The monoisotopic (exact) mass is 402 g/mol. The molecule has 0 spiro atoms. The minimum Gasteiger partial charge on any atom is -0.468 e. The number of alkyl halides is 1. The lowest BCUT2D eigenvalue weighted by Crippen LogP contribution is -2.27. The first-order chi connectivity index (χ1) is 10.1. The molecule has 21 heavy (non-hydrogen) atoms. The predicted octanol–water partition coefficient (Wildman–Crippen LogP) is 5.90. The van der Waals surface area contributed by atoms with Gasteiger partial charge in [-0.2, -0.15) is 0 Å². The second-order valence-corrected chi connectivity index (χ2v) is 7.93. The Morgan fingerprint density at radius 2 is 1.81 bits per heavy atom. The van der Waals surface area contributed by atoms with E-state index in [-0.39, 0.29) is 0 Å². The highest BCUT2D eigenvalue weighted by molar-refractivity contribution is 14.1. The van der Waals surface area contributed by atoms with Gasteiger partial charge >= 0.3 is 0 Å². The number of hydrogen-bond acceptors (Lipinski definition) is 2. The normalized spacial score (nSPS) is 19.2. The van der Waals surface area contributed by atoms with E-state index in [2.05, 4.69) is 48.6 Å². The van der Waals surface area contributed by atoms with E-state index in [1.807, 2.05) is 12.1 Å². The van der Waals surface area contributed by atoms with Crippen molar-refractivity contribution in [3.05, 3.63) is 29.8 Å². The fraction of sp³-hybridized carbons (Fsp3) is 0.667. The molecule has 1 aromatic rings. The molecule has 0 aliphatic heterocycles. The molecule has 0 saturated heterocycles. The standard InChI is InChI=1S/C18H27IO2/c1-3-17(19)15-7-9-16(10-8-15)21-14-20-13-18(2)11-5-4-6-12-18/h7-10,17H,3-6,11-14H2,1-2H3. The van der Waals surface area contributed by atoms with Crippen molar-refractivity contribution in [3.63, 3.8) is 0 Å². The molecule has 2 rings (SSSR count). The fourth-order valence-corrected chi connectivity index (χ4v) is 3.37. The van der Waals surface area contributed by atoms with Crippen LogP contribution in [0.3, 0.4) is 0 Å². The van der Waals surface area contributed by atoms with E-state index in [4.69, 9.17) is 9.47 Å². The van der Waals surface area contributed by atoms with E-state index < -0.39 is 0 Å². The van der Waals surface area contributed by atoms with E-state index in [0.717, 1.165) is 18.8 Å². The summed E-state index contributed by atoms with van der Waals surface area (Å²) < 4.78 is 12.0. The molecule has 1 aliphatic carbocycles. The van der Waals surface area contributed by atoms with Crippen molar-refractivity contribution in [2.24, 2.45) is 5.41 Å². The van der Waals surface area contributed by atoms with Crippen LogP contribution in [0.15, 0.2) is 24.3 Å². The Hall–Kier alpha value is -0.290. The second kappa shape index (κ2) is 8.37. The molecule has 0 bridgehead atoms. The van der Waals surface area contributed by atoms with Gasteiger partial charge in [-0.1, -0.05) is 67.8 Å². The number of benzene rings is 1. The van der Waals surface area contributed by atoms with Crippen LogP contribution in [0.4, 0.5) is 0 Å². The molecular weight excluding hydrogens is 375 g/mol. The first kappa shape index (κ1) is 17.1. The van der Waals surface area contributed by atoms with Crippen molar-refractivity contribution in [2.75, 3.05) is 13.4 Å². The molecule has 1 saturated carbocycles. The van der Waals surface area contributed by atoms with Gasteiger partial charge < -0.3 is 9.47 Å². The van der Waals surface area contributed by atoms with Crippen molar-refractivity contribution >= 4 is 22.6 Å². The minimum atomic E-state index is 0.358. The Balaban J connectivity index is 1.71. The van der Waals surface area contributed by atoms with E-state index >= 15 is 0 Å². The summed E-state index contributed by atoms with van der Waals surface area (Å²) in [7, 11) is 0. The SMILES string of the molecule is CCC(I)c1ccc(OCOCC2(C)CCCCC2)cc1. The van der Waals surface area contributed by atoms with Gasteiger partial charge in [0.15, 0.2) is 6.79 Å². The largest absolute Gasteiger partial charge is 0.468 e. The van der Waals surface area contributed by atoms with Gasteiger partial charge in [0.25, 0.3) is 0 Å². The summed E-state index contributed by atoms with van der Waals surface area (Å²) in [6.45, 7) is 5.72. The number of rotatable bonds is 7. The number of ether oxygens (including phenoxy) is 2. The van der Waals surface area contributed by atoms with E-state index in [1.165, 1.54) is 37.7 Å². The molecule has 1 aromatic carbocycles. The molecule has 1 atom stereocenters. The molecule has 1 aliphatic rings. The first-order valence-corrected chi connectivity index (χ1v) is 9.32. The van der Waals surface area contributed by atoms with E-state index in [0.29, 0.717) is 16.1 Å². The predicted molar refractivity (Wildman–Crippen MR) is 96.1 cm³/mol. The summed E-state index contributed by atoms with van der Waals surface area (Å²) in [6, 6.07) is 8.39. The lowest BCUT2D eigenvalue weighted by atomic mass is 9.76. The molecule has 0 heterocycles. The van der Waals surface area contributed by atoms with E-state index in [1.54, 1.807) is 0 Å². The summed E-state index contributed by atoms with van der Waals surface area (Å²) >= 11 is 2.48. The Morgan fingerprint density at radius 1 is 1.14 bits per heavy atom. The Morgan fingerprint density at radius 3 is 2.43 bits per heavy atom. The van der Waals surface area contributed by atoms with Gasteiger partial charge in [0.05, 0.1) is 6.61 Å². The van der Waals surface area contributed by atoms with Crippen LogP contribution in [-0.4, -0.2) is 13.4 Å². The Kier molecular flexibility index (Phi) is 6.80. The van der Waals surface area contributed by atoms with Crippen LogP contribution in [0.2, 0.25) is 0 Å². The molecule has 2 nitrogen and oxygen atoms in total. The van der Waals surface area contributed by atoms with Gasteiger partial charge in [-0.05, 0) is 42.4 Å².